The van der Waals surface area contributed by atoms with Gasteiger partial charge in [0, 0.05) is 11.1 Å². The van der Waals surface area contributed by atoms with Crippen molar-refractivity contribution in [1.82, 2.24) is 0 Å². The maximum Gasteiger partial charge on any atom is 0.345 e. The first-order valence-electron chi connectivity index (χ1n) is 8.22. The van der Waals surface area contributed by atoms with E-state index < -0.39 is 10.9 Å². The summed E-state index contributed by atoms with van der Waals surface area (Å²) >= 11 is 5.86. The topological polar surface area (TPSA) is 69.4 Å². The number of carbonyl (C=O) groups excluding carboxylic acids is 1. The van der Waals surface area contributed by atoms with E-state index >= 15 is 0 Å². The van der Waals surface area contributed by atoms with Crippen molar-refractivity contribution in [3.8, 4) is 0 Å². The normalized spacial score (nSPS) is 11.3. The first kappa shape index (κ1) is 19.9. The highest BCUT2D eigenvalue weighted by Gasteiger charge is 2.23. The second-order valence-electron chi connectivity index (χ2n) is 7.33. The molecule has 0 aromatic heterocycles. The van der Waals surface area contributed by atoms with Gasteiger partial charge in [-0.15, -0.1) is 0 Å². The number of nitrogens with zero attached hydrogens (tertiary/aromatic N) is 1. The summed E-state index contributed by atoms with van der Waals surface area (Å²) in [5.74, 6) is -0.766. The van der Waals surface area contributed by atoms with E-state index in [1.807, 2.05) is 13.8 Å². The molecule has 2 aromatic rings. The van der Waals surface area contributed by atoms with Crippen LogP contribution in [-0.2, 0) is 16.8 Å². The van der Waals surface area contributed by atoms with E-state index in [1.165, 1.54) is 23.8 Å². The van der Waals surface area contributed by atoms with E-state index in [0.717, 1.165) is 16.7 Å². The van der Waals surface area contributed by atoms with Gasteiger partial charge in [-0.2, -0.15) is 0 Å². The smallest absolute Gasteiger partial charge is 0.345 e. The van der Waals surface area contributed by atoms with Gasteiger partial charge in [-0.3, -0.25) is 10.1 Å². The number of rotatable bonds is 4. The highest BCUT2D eigenvalue weighted by molar-refractivity contribution is 6.31. The number of aryl methyl sites for hydroxylation is 2. The number of hydrogen-bond acceptors (Lipinski definition) is 4. The zero-order chi connectivity index (χ0) is 19.6. The van der Waals surface area contributed by atoms with E-state index in [1.54, 1.807) is 0 Å². The molecule has 0 atom stereocenters. The van der Waals surface area contributed by atoms with Gasteiger partial charge in [-0.25, -0.2) is 4.79 Å². The van der Waals surface area contributed by atoms with E-state index in [2.05, 4.69) is 32.9 Å². The molecule has 0 radical (unpaired) electrons. The molecule has 0 saturated heterocycles. The zero-order valence-electron chi connectivity index (χ0n) is 15.6. The lowest BCUT2D eigenvalue weighted by Gasteiger charge is -2.22. The average molecular weight is 376 g/mol. The third kappa shape index (κ3) is 4.41. The van der Waals surface area contributed by atoms with Crippen molar-refractivity contribution in [1.29, 1.82) is 0 Å². The minimum atomic E-state index is -0.766. The van der Waals surface area contributed by atoms with E-state index in [4.69, 9.17) is 16.3 Å². The van der Waals surface area contributed by atoms with Crippen molar-refractivity contribution in [3.63, 3.8) is 0 Å². The van der Waals surface area contributed by atoms with Gasteiger partial charge in [0.05, 0.1) is 4.92 Å². The van der Waals surface area contributed by atoms with Gasteiger partial charge in [0.25, 0.3) is 5.69 Å². The van der Waals surface area contributed by atoms with Crippen LogP contribution in [-0.4, -0.2) is 10.9 Å². The molecule has 0 unspecified atom stereocenters. The fraction of sp³-hybridized carbons (Fsp3) is 0.350. The lowest BCUT2D eigenvalue weighted by Crippen LogP contribution is -2.14. The van der Waals surface area contributed by atoms with Crippen LogP contribution in [0.25, 0.3) is 0 Å². The standard InChI is InChI=1S/C20H22ClNO4/c1-12-8-14(20(3,4)5)9-13(2)17(12)11-26-19(23)16-10-15(21)6-7-18(16)22(24)25/h6-10H,11H2,1-5H3. The summed E-state index contributed by atoms with van der Waals surface area (Å²) in [6.07, 6.45) is 0. The SMILES string of the molecule is Cc1cc(C(C)(C)C)cc(C)c1COC(=O)c1cc(Cl)ccc1[N+](=O)[O-]. The summed E-state index contributed by atoms with van der Waals surface area (Å²) in [6.45, 7) is 10.4. The molecule has 0 N–H and O–H groups in total. The van der Waals surface area contributed by atoms with Gasteiger partial charge >= 0.3 is 5.97 Å². The minimum Gasteiger partial charge on any atom is -0.457 e. The quantitative estimate of drug-likeness (QED) is 0.400. The molecule has 0 bridgehead atoms. The summed E-state index contributed by atoms with van der Waals surface area (Å²) in [5, 5.41) is 11.3. The van der Waals surface area contributed by atoms with E-state index in [-0.39, 0.29) is 28.3 Å². The fourth-order valence-electron chi connectivity index (χ4n) is 2.70. The monoisotopic (exact) mass is 375 g/mol. The van der Waals surface area contributed by atoms with Crippen molar-refractivity contribution in [2.24, 2.45) is 0 Å². The Bertz CT molecular complexity index is 846. The predicted octanol–water partition coefficient (Wildman–Crippen LogP) is 5.52. The number of ether oxygens (including phenoxy) is 1. The maximum absolute atomic E-state index is 12.4. The summed E-state index contributed by atoms with van der Waals surface area (Å²) in [4.78, 5) is 22.8. The Kier molecular flexibility index (Phi) is 5.71. The second-order valence-corrected chi connectivity index (χ2v) is 7.77. The number of nitro benzene ring substituents is 1. The Morgan fingerprint density at radius 1 is 1.15 bits per heavy atom. The average Bonchev–Trinajstić information content (AvgIpc) is 2.52. The number of benzene rings is 2. The van der Waals surface area contributed by atoms with Gasteiger partial charge in [0.2, 0.25) is 0 Å². The summed E-state index contributed by atoms with van der Waals surface area (Å²) < 4.78 is 5.35. The molecular weight excluding hydrogens is 354 g/mol. The van der Waals surface area contributed by atoms with Crippen molar-refractivity contribution >= 4 is 23.3 Å². The van der Waals surface area contributed by atoms with Crippen molar-refractivity contribution < 1.29 is 14.5 Å². The molecule has 138 valence electrons. The summed E-state index contributed by atoms with van der Waals surface area (Å²) in [6, 6.07) is 7.99. The molecule has 0 heterocycles. The first-order chi connectivity index (χ1) is 12.0. The lowest BCUT2D eigenvalue weighted by molar-refractivity contribution is -0.385. The molecule has 0 saturated carbocycles. The zero-order valence-corrected chi connectivity index (χ0v) is 16.3. The molecule has 0 spiro atoms. The van der Waals surface area contributed by atoms with Crippen LogP contribution in [0.3, 0.4) is 0 Å². The lowest BCUT2D eigenvalue weighted by atomic mass is 9.84. The van der Waals surface area contributed by atoms with Crippen molar-refractivity contribution in [3.05, 3.63) is 73.3 Å². The summed E-state index contributed by atoms with van der Waals surface area (Å²) in [7, 11) is 0. The van der Waals surface area contributed by atoms with Crippen molar-refractivity contribution in [2.45, 2.75) is 46.6 Å². The largest absolute Gasteiger partial charge is 0.457 e. The van der Waals surface area contributed by atoms with Crippen LogP contribution >= 0.6 is 11.6 Å². The third-order valence-electron chi connectivity index (χ3n) is 4.28. The van der Waals surface area contributed by atoms with Gasteiger partial charge in [-0.05, 0) is 53.6 Å². The predicted molar refractivity (Wildman–Crippen MR) is 102 cm³/mol. The second kappa shape index (κ2) is 7.46. The van der Waals surface area contributed by atoms with Crippen LogP contribution in [0.15, 0.2) is 30.3 Å². The molecule has 0 aliphatic rings. The van der Waals surface area contributed by atoms with Crippen LogP contribution in [0, 0.1) is 24.0 Å². The first-order valence-corrected chi connectivity index (χ1v) is 8.60. The Hall–Kier alpha value is -2.40. The van der Waals surface area contributed by atoms with E-state index in [9.17, 15) is 14.9 Å². The maximum atomic E-state index is 12.4. The van der Waals surface area contributed by atoms with Crippen LogP contribution in [0.1, 0.15) is 53.4 Å². The van der Waals surface area contributed by atoms with Gasteiger partial charge in [-0.1, -0.05) is 44.5 Å². The Balaban J connectivity index is 2.26. The van der Waals surface area contributed by atoms with Crippen molar-refractivity contribution in [2.75, 3.05) is 0 Å². The number of hydrogen-bond donors (Lipinski definition) is 0. The van der Waals surface area contributed by atoms with Crippen LogP contribution in [0.2, 0.25) is 5.02 Å². The highest BCUT2D eigenvalue weighted by Crippen LogP contribution is 2.28. The Morgan fingerprint density at radius 2 is 1.73 bits per heavy atom. The molecule has 0 aliphatic heterocycles. The van der Waals surface area contributed by atoms with E-state index in [0.29, 0.717) is 0 Å². The highest BCUT2D eigenvalue weighted by atomic mass is 35.5. The molecule has 2 rings (SSSR count). The minimum absolute atomic E-state index is 0.0200. The molecule has 5 nitrogen and oxygen atoms in total. The van der Waals surface area contributed by atoms with Gasteiger partial charge < -0.3 is 4.74 Å². The molecule has 6 heteroatoms. The van der Waals surface area contributed by atoms with Crippen LogP contribution in [0.4, 0.5) is 5.69 Å². The molecule has 0 aliphatic carbocycles. The molecule has 0 fully saturated rings. The molecule has 26 heavy (non-hydrogen) atoms. The van der Waals surface area contributed by atoms with Crippen LogP contribution < -0.4 is 0 Å². The summed E-state index contributed by atoms with van der Waals surface area (Å²) in [5.41, 5.74) is 3.68. The molecule has 2 aromatic carbocycles. The molecule has 0 amide bonds. The Labute approximate surface area is 158 Å². The number of nitro groups is 1. The molecular formula is C20H22ClNO4. The Morgan fingerprint density at radius 3 is 2.23 bits per heavy atom. The number of esters is 1. The third-order valence-corrected chi connectivity index (χ3v) is 4.52. The van der Waals surface area contributed by atoms with Gasteiger partial charge in [0.1, 0.15) is 12.2 Å². The number of halogens is 1. The van der Waals surface area contributed by atoms with Crippen LogP contribution in [0.5, 0.6) is 0 Å². The van der Waals surface area contributed by atoms with Gasteiger partial charge in [0.15, 0.2) is 0 Å². The number of carbonyl (C=O) groups is 1. The fourth-order valence-corrected chi connectivity index (χ4v) is 2.87.